The standard InChI is InChI=1S/C37H40O5S3/c1-2-44-37(43)45-36-35(41-26-31-21-13-6-14-22-31)34(40-25-30-19-11-5-12-20-30)33(39-24-29-17-9-4-10-18-29)32(42-36)27-38-23-28-15-7-3-8-16-28/h3-22,32-36H,2,23-27H2,1H3/t32-,33-,34+,35-,36+/m1/s1. The molecule has 1 fully saturated rings. The van der Waals surface area contributed by atoms with Crippen molar-refractivity contribution < 1.29 is 23.7 Å². The quantitative estimate of drug-likeness (QED) is 0.118. The second-order valence-electron chi connectivity index (χ2n) is 10.6. The molecule has 4 aromatic carbocycles. The van der Waals surface area contributed by atoms with Crippen molar-refractivity contribution in [3.05, 3.63) is 144 Å². The van der Waals surface area contributed by atoms with Crippen molar-refractivity contribution in [1.82, 2.24) is 0 Å². The molecular weight excluding hydrogens is 621 g/mol. The molecule has 45 heavy (non-hydrogen) atoms. The lowest BCUT2D eigenvalue weighted by Gasteiger charge is -2.46. The Balaban J connectivity index is 1.44. The molecule has 8 heteroatoms. The molecule has 5 nitrogen and oxygen atoms in total. The number of ether oxygens (including phenoxy) is 5. The van der Waals surface area contributed by atoms with Crippen LogP contribution in [0.4, 0.5) is 0 Å². The lowest BCUT2D eigenvalue weighted by Crippen LogP contribution is -2.60. The van der Waals surface area contributed by atoms with Crippen LogP contribution in [0.2, 0.25) is 0 Å². The number of hydrogen-bond donors (Lipinski definition) is 0. The van der Waals surface area contributed by atoms with E-state index in [9.17, 15) is 0 Å². The Bertz CT molecular complexity index is 1400. The minimum absolute atomic E-state index is 0.329. The van der Waals surface area contributed by atoms with E-state index < -0.39 is 29.9 Å². The third-order valence-electron chi connectivity index (χ3n) is 7.32. The van der Waals surface area contributed by atoms with Crippen LogP contribution in [0, 0.1) is 0 Å². The molecule has 1 heterocycles. The van der Waals surface area contributed by atoms with Crippen molar-refractivity contribution in [3.8, 4) is 0 Å². The highest BCUT2D eigenvalue weighted by atomic mass is 32.2. The average molecular weight is 661 g/mol. The predicted molar refractivity (Wildman–Crippen MR) is 188 cm³/mol. The molecule has 0 bridgehead atoms. The van der Waals surface area contributed by atoms with E-state index in [-0.39, 0.29) is 0 Å². The van der Waals surface area contributed by atoms with E-state index in [0.717, 1.165) is 31.5 Å². The fourth-order valence-electron chi connectivity index (χ4n) is 5.09. The topological polar surface area (TPSA) is 46.2 Å². The Morgan fingerprint density at radius 2 is 1.02 bits per heavy atom. The molecule has 5 rings (SSSR count). The molecular formula is C37H40O5S3. The smallest absolute Gasteiger partial charge is 0.138 e. The van der Waals surface area contributed by atoms with E-state index in [4.69, 9.17) is 35.9 Å². The molecule has 0 aliphatic carbocycles. The summed E-state index contributed by atoms with van der Waals surface area (Å²) in [6.07, 6.45) is -1.79. The fraction of sp³-hybridized carbons (Fsp3) is 0.324. The Labute approximate surface area is 281 Å². The second-order valence-corrected chi connectivity index (χ2v) is 14.2. The maximum atomic E-state index is 6.83. The van der Waals surface area contributed by atoms with Crippen molar-refractivity contribution in [2.75, 3.05) is 12.4 Å². The zero-order valence-electron chi connectivity index (χ0n) is 25.4. The van der Waals surface area contributed by atoms with Gasteiger partial charge in [0.15, 0.2) is 0 Å². The lowest BCUT2D eigenvalue weighted by molar-refractivity contribution is -0.254. The fourth-order valence-corrected chi connectivity index (χ4v) is 7.63. The number of benzene rings is 4. The maximum absolute atomic E-state index is 6.83. The van der Waals surface area contributed by atoms with Crippen LogP contribution in [-0.4, -0.2) is 45.7 Å². The van der Waals surface area contributed by atoms with Crippen LogP contribution in [0.15, 0.2) is 121 Å². The number of hydrogen-bond acceptors (Lipinski definition) is 8. The Hall–Kier alpha value is -2.53. The van der Waals surface area contributed by atoms with Crippen molar-refractivity contribution >= 4 is 39.3 Å². The van der Waals surface area contributed by atoms with Gasteiger partial charge in [0, 0.05) is 0 Å². The van der Waals surface area contributed by atoms with Gasteiger partial charge in [-0.25, -0.2) is 0 Å². The number of rotatable bonds is 15. The lowest BCUT2D eigenvalue weighted by atomic mass is 9.98. The van der Waals surface area contributed by atoms with Crippen LogP contribution in [0.1, 0.15) is 29.2 Å². The second kappa shape index (κ2) is 18.6. The zero-order chi connectivity index (χ0) is 31.1. The van der Waals surface area contributed by atoms with Crippen molar-refractivity contribution in [2.45, 2.75) is 63.2 Å². The Morgan fingerprint density at radius 1 is 0.600 bits per heavy atom. The summed E-state index contributed by atoms with van der Waals surface area (Å²) in [6.45, 7) is 4.12. The van der Waals surface area contributed by atoms with Crippen LogP contribution in [-0.2, 0) is 50.1 Å². The summed E-state index contributed by atoms with van der Waals surface area (Å²) in [7, 11) is 0. The molecule has 1 aliphatic rings. The molecule has 5 atom stereocenters. The monoisotopic (exact) mass is 660 g/mol. The highest BCUT2D eigenvalue weighted by molar-refractivity contribution is 8.47. The van der Waals surface area contributed by atoms with Crippen LogP contribution < -0.4 is 0 Å². The van der Waals surface area contributed by atoms with Crippen LogP contribution >= 0.6 is 35.7 Å². The summed E-state index contributed by atoms with van der Waals surface area (Å²) >= 11 is 8.92. The first-order chi connectivity index (χ1) is 22.2. The maximum Gasteiger partial charge on any atom is 0.138 e. The molecule has 0 spiro atoms. The van der Waals surface area contributed by atoms with Gasteiger partial charge in [-0.15, -0.1) is 11.8 Å². The minimum atomic E-state index is -0.463. The summed E-state index contributed by atoms with van der Waals surface area (Å²) in [5, 5.41) is 0. The van der Waals surface area contributed by atoms with Gasteiger partial charge in [-0.3, -0.25) is 0 Å². The van der Waals surface area contributed by atoms with Gasteiger partial charge in [-0.2, -0.15) is 0 Å². The van der Waals surface area contributed by atoms with Crippen LogP contribution in [0.3, 0.4) is 0 Å². The van der Waals surface area contributed by atoms with Crippen LogP contribution in [0.5, 0.6) is 0 Å². The van der Waals surface area contributed by atoms with Gasteiger partial charge in [-0.1, -0.05) is 152 Å². The van der Waals surface area contributed by atoms with E-state index in [1.54, 1.807) is 11.8 Å². The van der Waals surface area contributed by atoms with Gasteiger partial charge in [0.25, 0.3) is 0 Å². The van der Waals surface area contributed by atoms with E-state index >= 15 is 0 Å². The Kier molecular flexibility index (Phi) is 14.0. The van der Waals surface area contributed by atoms with Crippen molar-refractivity contribution in [2.24, 2.45) is 0 Å². The Morgan fingerprint density at radius 3 is 1.49 bits per heavy atom. The van der Waals surface area contributed by atoms with E-state index in [1.165, 1.54) is 11.8 Å². The van der Waals surface area contributed by atoms with Gasteiger partial charge < -0.3 is 23.7 Å². The van der Waals surface area contributed by atoms with Crippen molar-refractivity contribution in [3.63, 3.8) is 0 Å². The van der Waals surface area contributed by atoms with Gasteiger partial charge in [0.1, 0.15) is 33.4 Å². The third kappa shape index (κ3) is 10.8. The molecule has 0 N–H and O–H groups in total. The predicted octanol–water partition coefficient (Wildman–Crippen LogP) is 8.46. The minimum Gasteiger partial charge on any atom is -0.374 e. The van der Waals surface area contributed by atoms with Gasteiger partial charge in [0.2, 0.25) is 0 Å². The first kappa shape index (κ1) is 33.8. The van der Waals surface area contributed by atoms with E-state index in [1.807, 2.05) is 72.8 Å². The first-order valence-corrected chi connectivity index (χ1v) is 17.5. The summed E-state index contributed by atoms with van der Waals surface area (Å²) in [4.78, 5) is 0. The molecule has 1 aliphatic heterocycles. The molecule has 0 unspecified atom stereocenters. The van der Waals surface area contributed by atoms with E-state index in [2.05, 4.69) is 55.5 Å². The molecule has 0 amide bonds. The number of thiocarbonyl (C=S) groups is 1. The molecule has 1 saturated heterocycles. The molecule has 4 aromatic rings. The number of thioether (sulfide) groups is 2. The third-order valence-corrected chi connectivity index (χ3v) is 9.93. The summed E-state index contributed by atoms with van der Waals surface area (Å²) in [6, 6.07) is 40.7. The molecule has 0 saturated carbocycles. The van der Waals surface area contributed by atoms with Gasteiger partial charge in [0.05, 0.1) is 33.0 Å². The normalized spacial score (nSPS) is 21.4. The average Bonchev–Trinajstić information content (AvgIpc) is 3.08. The first-order valence-electron chi connectivity index (χ1n) is 15.3. The summed E-state index contributed by atoms with van der Waals surface area (Å²) < 4.78 is 34.1. The molecule has 0 radical (unpaired) electrons. The SMILES string of the molecule is CCSC(=S)S[C@@H]1O[C@H](COCc2ccccc2)[C@@H](OCc2ccccc2)[C@H](OCc2ccccc2)[C@H]1OCc1ccccc1. The summed E-state index contributed by atoms with van der Waals surface area (Å²) in [5.41, 5.74) is 3.90. The van der Waals surface area contributed by atoms with E-state index in [0.29, 0.717) is 33.0 Å². The summed E-state index contributed by atoms with van der Waals surface area (Å²) in [5.74, 6) is 0.883. The van der Waals surface area contributed by atoms with Crippen molar-refractivity contribution in [1.29, 1.82) is 0 Å². The van der Waals surface area contributed by atoms with Gasteiger partial charge >= 0.3 is 0 Å². The highest BCUT2D eigenvalue weighted by Gasteiger charge is 2.49. The largest absolute Gasteiger partial charge is 0.374 e. The molecule has 236 valence electrons. The highest BCUT2D eigenvalue weighted by Crippen LogP contribution is 2.37. The van der Waals surface area contributed by atoms with Crippen LogP contribution in [0.25, 0.3) is 0 Å². The zero-order valence-corrected chi connectivity index (χ0v) is 27.9. The van der Waals surface area contributed by atoms with Gasteiger partial charge in [-0.05, 0) is 28.0 Å². The molecule has 0 aromatic heterocycles.